The van der Waals surface area contributed by atoms with Crippen LogP contribution in [0.4, 0.5) is 5.82 Å². The van der Waals surface area contributed by atoms with Gasteiger partial charge in [0.15, 0.2) is 5.65 Å². The van der Waals surface area contributed by atoms with Crippen LogP contribution in [0.5, 0.6) is 0 Å². The first-order chi connectivity index (χ1) is 12.9. The highest BCUT2D eigenvalue weighted by molar-refractivity contribution is 5.69. The Bertz CT molecular complexity index is 1030. The van der Waals surface area contributed by atoms with Gasteiger partial charge in [0.25, 0.3) is 0 Å². The molecule has 0 radical (unpaired) electrons. The molecule has 0 atom stereocenters. The van der Waals surface area contributed by atoms with Crippen LogP contribution in [0.3, 0.4) is 0 Å². The van der Waals surface area contributed by atoms with Crippen molar-refractivity contribution in [3.05, 3.63) is 66.9 Å². The van der Waals surface area contributed by atoms with Gasteiger partial charge in [-0.15, -0.1) is 0 Å². The highest BCUT2D eigenvalue weighted by Gasteiger charge is 2.19. The van der Waals surface area contributed by atoms with Crippen molar-refractivity contribution in [2.75, 3.05) is 18.0 Å². The molecule has 1 fully saturated rings. The molecule has 0 saturated carbocycles. The van der Waals surface area contributed by atoms with E-state index >= 15 is 0 Å². The maximum Gasteiger partial charge on any atom is 0.158 e. The van der Waals surface area contributed by atoms with E-state index in [0.717, 1.165) is 47.2 Å². The lowest BCUT2D eigenvalue weighted by atomic mass is 10.2. The van der Waals surface area contributed by atoms with Gasteiger partial charge in [-0.3, -0.25) is 4.98 Å². The minimum atomic E-state index is 0.855. The van der Waals surface area contributed by atoms with E-state index in [1.54, 1.807) is 0 Å². The molecule has 1 aromatic carbocycles. The number of aromatic nitrogens is 4. The van der Waals surface area contributed by atoms with Crippen molar-refractivity contribution in [2.45, 2.75) is 12.8 Å². The fraction of sp³-hybridized carbons (Fsp3) is 0.190. The average Bonchev–Trinajstić information content (AvgIpc) is 3.38. The second kappa shape index (κ2) is 6.26. The minimum Gasteiger partial charge on any atom is -0.356 e. The van der Waals surface area contributed by atoms with Crippen molar-refractivity contribution in [3.8, 4) is 22.6 Å². The van der Waals surface area contributed by atoms with Crippen LogP contribution >= 0.6 is 0 Å². The van der Waals surface area contributed by atoms with Crippen molar-refractivity contribution in [1.82, 2.24) is 19.6 Å². The molecule has 0 aliphatic carbocycles. The summed E-state index contributed by atoms with van der Waals surface area (Å²) in [5, 5.41) is 4.85. The van der Waals surface area contributed by atoms with E-state index in [9.17, 15) is 0 Å². The lowest BCUT2D eigenvalue weighted by molar-refractivity contribution is 0.853. The maximum absolute atomic E-state index is 4.85. The number of anilines is 1. The monoisotopic (exact) mass is 341 g/mol. The van der Waals surface area contributed by atoms with Gasteiger partial charge in [-0.05, 0) is 25.0 Å². The Balaban J connectivity index is 1.71. The minimum absolute atomic E-state index is 0.855. The third-order valence-electron chi connectivity index (χ3n) is 4.84. The van der Waals surface area contributed by atoms with Crippen molar-refractivity contribution >= 4 is 11.5 Å². The maximum atomic E-state index is 4.85. The highest BCUT2D eigenvalue weighted by Crippen LogP contribution is 2.28. The zero-order chi connectivity index (χ0) is 17.3. The molecule has 0 amide bonds. The number of benzene rings is 1. The molecule has 0 spiro atoms. The van der Waals surface area contributed by atoms with Crippen molar-refractivity contribution in [2.24, 2.45) is 0 Å². The topological polar surface area (TPSA) is 46.3 Å². The van der Waals surface area contributed by atoms with Crippen molar-refractivity contribution in [1.29, 1.82) is 0 Å². The van der Waals surface area contributed by atoms with Crippen LogP contribution in [0.2, 0.25) is 0 Å². The Morgan fingerprint density at radius 2 is 1.58 bits per heavy atom. The number of hydrogen-bond donors (Lipinski definition) is 0. The summed E-state index contributed by atoms with van der Waals surface area (Å²) >= 11 is 0. The lowest BCUT2D eigenvalue weighted by Gasteiger charge is -2.19. The number of pyridine rings is 1. The van der Waals surface area contributed by atoms with E-state index in [-0.39, 0.29) is 0 Å². The Morgan fingerprint density at radius 3 is 2.35 bits per heavy atom. The zero-order valence-corrected chi connectivity index (χ0v) is 14.4. The molecule has 1 aliphatic heterocycles. The summed E-state index contributed by atoms with van der Waals surface area (Å²) in [6, 6.07) is 20.3. The molecule has 5 heteroatoms. The fourth-order valence-electron chi connectivity index (χ4n) is 3.53. The lowest BCUT2D eigenvalue weighted by Crippen LogP contribution is -2.21. The summed E-state index contributed by atoms with van der Waals surface area (Å²) in [6.45, 7) is 2.11. The second-order valence-corrected chi connectivity index (χ2v) is 6.57. The third-order valence-corrected chi connectivity index (χ3v) is 4.84. The first-order valence-electron chi connectivity index (χ1n) is 9.01. The first-order valence-corrected chi connectivity index (χ1v) is 9.01. The SMILES string of the molecule is c1ccc(-c2cc3nc(-c4ccccn4)cc(N4CCCC4)n3n2)cc1. The summed E-state index contributed by atoms with van der Waals surface area (Å²) < 4.78 is 1.97. The Morgan fingerprint density at radius 1 is 0.769 bits per heavy atom. The molecule has 4 heterocycles. The Hall–Kier alpha value is -3.21. The van der Waals surface area contributed by atoms with Crippen LogP contribution in [-0.4, -0.2) is 32.7 Å². The first kappa shape index (κ1) is 15.1. The van der Waals surface area contributed by atoms with E-state index in [4.69, 9.17) is 10.1 Å². The molecule has 26 heavy (non-hydrogen) atoms. The van der Waals surface area contributed by atoms with Crippen molar-refractivity contribution < 1.29 is 0 Å². The normalized spacial score (nSPS) is 14.2. The van der Waals surface area contributed by atoms with Gasteiger partial charge in [0.2, 0.25) is 0 Å². The van der Waals surface area contributed by atoms with Gasteiger partial charge in [-0.1, -0.05) is 36.4 Å². The van der Waals surface area contributed by atoms with Gasteiger partial charge in [-0.2, -0.15) is 9.61 Å². The van der Waals surface area contributed by atoms with Gasteiger partial charge in [0.05, 0.1) is 17.1 Å². The molecule has 5 nitrogen and oxygen atoms in total. The quantitative estimate of drug-likeness (QED) is 0.564. The molecule has 0 N–H and O–H groups in total. The molecule has 3 aromatic heterocycles. The van der Waals surface area contributed by atoms with Gasteiger partial charge >= 0.3 is 0 Å². The molecule has 4 aromatic rings. The van der Waals surface area contributed by atoms with Gasteiger partial charge in [0, 0.05) is 37.0 Å². The molecular formula is C21H19N5. The van der Waals surface area contributed by atoms with Gasteiger partial charge < -0.3 is 4.90 Å². The van der Waals surface area contributed by atoms with Gasteiger partial charge in [-0.25, -0.2) is 4.98 Å². The van der Waals surface area contributed by atoms with Crippen LogP contribution in [0, 0.1) is 0 Å². The molecule has 1 saturated heterocycles. The summed E-state index contributed by atoms with van der Waals surface area (Å²) in [7, 11) is 0. The van der Waals surface area contributed by atoms with E-state index in [0.29, 0.717) is 0 Å². The van der Waals surface area contributed by atoms with E-state index < -0.39 is 0 Å². The standard InChI is InChI=1S/C21H19N5/c1-2-8-16(9-3-1)18-14-20-23-19(17-10-4-5-11-22-17)15-21(26(20)24-18)25-12-6-7-13-25/h1-5,8-11,14-15H,6-7,12-13H2. The predicted octanol–water partition coefficient (Wildman–Crippen LogP) is 4.06. The van der Waals surface area contributed by atoms with E-state index in [1.807, 2.05) is 47.1 Å². The smallest absolute Gasteiger partial charge is 0.158 e. The second-order valence-electron chi connectivity index (χ2n) is 6.57. The summed E-state index contributed by atoms with van der Waals surface area (Å²) in [5.74, 6) is 1.09. The molecule has 128 valence electrons. The zero-order valence-electron chi connectivity index (χ0n) is 14.4. The number of hydrogen-bond acceptors (Lipinski definition) is 4. The fourth-order valence-corrected chi connectivity index (χ4v) is 3.53. The molecule has 0 bridgehead atoms. The average molecular weight is 341 g/mol. The van der Waals surface area contributed by atoms with Crippen LogP contribution in [0.25, 0.3) is 28.3 Å². The van der Waals surface area contributed by atoms with Crippen LogP contribution in [-0.2, 0) is 0 Å². The van der Waals surface area contributed by atoms with Crippen molar-refractivity contribution in [3.63, 3.8) is 0 Å². The predicted molar refractivity (Wildman–Crippen MR) is 103 cm³/mol. The number of rotatable bonds is 3. The summed E-state index contributed by atoms with van der Waals surface area (Å²) in [6.07, 6.45) is 4.24. The Kier molecular flexibility index (Phi) is 3.63. The summed E-state index contributed by atoms with van der Waals surface area (Å²) in [5.41, 5.74) is 4.67. The van der Waals surface area contributed by atoms with Crippen LogP contribution < -0.4 is 4.90 Å². The van der Waals surface area contributed by atoms with E-state index in [2.05, 4.69) is 34.1 Å². The Labute approximate surface area is 152 Å². The summed E-state index contributed by atoms with van der Waals surface area (Å²) in [4.78, 5) is 11.7. The van der Waals surface area contributed by atoms with Gasteiger partial charge in [0.1, 0.15) is 5.82 Å². The highest BCUT2D eigenvalue weighted by atomic mass is 15.4. The molecule has 0 unspecified atom stereocenters. The number of nitrogens with zero attached hydrogens (tertiary/aromatic N) is 5. The van der Waals surface area contributed by atoms with E-state index in [1.165, 1.54) is 12.8 Å². The van der Waals surface area contributed by atoms with Crippen LogP contribution in [0.15, 0.2) is 66.9 Å². The third kappa shape index (κ3) is 2.62. The molecule has 1 aliphatic rings. The largest absolute Gasteiger partial charge is 0.356 e. The van der Waals surface area contributed by atoms with Crippen LogP contribution in [0.1, 0.15) is 12.8 Å². The molecular weight excluding hydrogens is 322 g/mol. The molecule has 5 rings (SSSR count). The number of fused-ring (bicyclic) bond motifs is 1.